The van der Waals surface area contributed by atoms with Crippen molar-refractivity contribution in [1.82, 2.24) is 0 Å². The maximum absolute atomic E-state index is 6.13. The van der Waals surface area contributed by atoms with Crippen LogP contribution in [0.15, 0.2) is 0 Å². The molecule has 0 saturated heterocycles. The van der Waals surface area contributed by atoms with Crippen LogP contribution in [0.1, 0.15) is 92.4 Å². The molecule has 0 bridgehead atoms. The highest BCUT2D eigenvalue weighted by Crippen LogP contribution is 2.07. The van der Waals surface area contributed by atoms with Crippen LogP contribution >= 0.6 is 0 Å². The zero-order chi connectivity index (χ0) is 23.7. The molecule has 6 heteroatoms. The molecule has 3 atom stereocenters. The molecule has 0 aromatic carbocycles. The largest absolute Gasteiger partial charge is 0.379 e. The zero-order valence-electron chi connectivity index (χ0n) is 21.9. The van der Waals surface area contributed by atoms with Crippen molar-refractivity contribution >= 4 is 0 Å². The van der Waals surface area contributed by atoms with E-state index < -0.39 is 0 Å². The second kappa shape index (κ2) is 25.4. The van der Waals surface area contributed by atoms with Crippen LogP contribution in [0, 0.1) is 0 Å². The maximum atomic E-state index is 6.13. The molecule has 0 rings (SSSR count). The Labute approximate surface area is 199 Å². The molecule has 0 aromatic heterocycles. The standard InChI is InChI=1S/C26H54O6/c1-6-11-15-27-20-25(30-17-13-8-3)22-29-19-24(10-5)32-23-26(31-18-14-9-4)21-28-16-12-7-2/h24-26H,6-23H2,1-5H3. The van der Waals surface area contributed by atoms with Gasteiger partial charge in [0, 0.05) is 26.4 Å². The number of ether oxygens (including phenoxy) is 6. The topological polar surface area (TPSA) is 55.4 Å². The molecule has 0 aliphatic carbocycles. The van der Waals surface area contributed by atoms with Gasteiger partial charge in [-0.2, -0.15) is 0 Å². The molecule has 0 heterocycles. The zero-order valence-corrected chi connectivity index (χ0v) is 21.9. The van der Waals surface area contributed by atoms with Crippen LogP contribution in [0.25, 0.3) is 0 Å². The van der Waals surface area contributed by atoms with Crippen LogP contribution in [-0.2, 0) is 28.4 Å². The quantitative estimate of drug-likeness (QED) is 0.151. The van der Waals surface area contributed by atoms with Gasteiger partial charge in [0.25, 0.3) is 0 Å². The average molecular weight is 463 g/mol. The summed E-state index contributed by atoms with van der Waals surface area (Å²) in [6.45, 7) is 16.7. The molecule has 0 saturated carbocycles. The average Bonchev–Trinajstić information content (AvgIpc) is 2.80. The van der Waals surface area contributed by atoms with E-state index in [1.54, 1.807) is 0 Å². The summed E-state index contributed by atoms with van der Waals surface area (Å²) in [5.74, 6) is 0. The Balaban J connectivity index is 4.33. The summed E-state index contributed by atoms with van der Waals surface area (Å²) in [5.41, 5.74) is 0. The molecule has 0 amide bonds. The highest BCUT2D eigenvalue weighted by atomic mass is 16.6. The van der Waals surface area contributed by atoms with Gasteiger partial charge in [-0.3, -0.25) is 0 Å². The van der Waals surface area contributed by atoms with Crippen molar-refractivity contribution in [3.8, 4) is 0 Å². The molecule has 3 unspecified atom stereocenters. The van der Waals surface area contributed by atoms with Crippen LogP contribution in [0.5, 0.6) is 0 Å². The number of hydrogen-bond acceptors (Lipinski definition) is 6. The van der Waals surface area contributed by atoms with Gasteiger partial charge < -0.3 is 28.4 Å². The summed E-state index contributed by atoms with van der Waals surface area (Å²) in [6.07, 6.45) is 9.71. The lowest BCUT2D eigenvalue weighted by Crippen LogP contribution is -2.32. The van der Waals surface area contributed by atoms with Gasteiger partial charge in [-0.05, 0) is 32.1 Å². The number of unbranched alkanes of at least 4 members (excludes halogenated alkanes) is 4. The minimum atomic E-state index is -0.0236. The van der Waals surface area contributed by atoms with Gasteiger partial charge in [0.1, 0.15) is 12.2 Å². The molecule has 194 valence electrons. The normalized spacial score (nSPS) is 14.5. The van der Waals surface area contributed by atoms with E-state index in [9.17, 15) is 0 Å². The van der Waals surface area contributed by atoms with Crippen molar-refractivity contribution in [1.29, 1.82) is 0 Å². The maximum Gasteiger partial charge on any atom is 0.104 e. The van der Waals surface area contributed by atoms with Crippen molar-refractivity contribution in [3.63, 3.8) is 0 Å². The van der Waals surface area contributed by atoms with Gasteiger partial charge in [0.15, 0.2) is 0 Å². The summed E-state index contributed by atoms with van der Waals surface area (Å²) < 4.78 is 35.6. The molecule has 32 heavy (non-hydrogen) atoms. The van der Waals surface area contributed by atoms with Gasteiger partial charge in [0.2, 0.25) is 0 Å². The first kappa shape index (κ1) is 31.8. The first-order valence-electron chi connectivity index (χ1n) is 13.3. The molecule has 0 aliphatic rings. The summed E-state index contributed by atoms with van der Waals surface area (Å²) in [4.78, 5) is 0. The lowest BCUT2D eigenvalue weighted by Gasteiger charge is -2.23. The van der Waals surface area contributed by atoms with E-state index in [4.69, 9.17) is 28.4 Å². The van der Waals surface area contributed by atoms with E-state index in [0.717, 1.165) is 84.2 Å². The van der Waals surface area contributed by atoms with Crippen molar-refractivity contribution in [2.45, 2.75) is 111 Å². The van der Waals surface area contributed by atoms with Gasteiger partial charge in [-0.15, -0.1) is 0 Å². The van der Waals surface area contributed by atoms with Crippen molar-refractivity contribution in [3.05, 3.63) is 0 Å². The molecular formula is C26H54O6. The molecular weight excluding hydrogens is 408 g/mol. The van der Waals surface area contributed by atoms with Crippen molar-refractivity contribution in [2.24, 2.45) is 0 Å². The fourth-order valence-corrected chi connectivity index (χ4v) is 2.86. The van der Waals surface area contributed by atoms with Crippen LogP contribution in [0.2, 0.25) is 0 Å². The minimum absolute atomic E-state index is 0.0204. The molecule has 0 spiro atoms. The van der Waals surface area contributed by atoms with Gasteiger partial charge in [-0.1, -0.05) is 60.3 Å². The third-order valence-corrected chi connectivity index (χ3v) is 5.18. The Bertz CT molecular complexity index is 355. The van der Waals surface area contributed by atoms with Gasteiger partial charge in [0.05, 0.1) is 39.1 Å². The Kier molecular flexibility index (Phi) is 25.2. The minimum Gasteiger partial charge on any atom is -0.379 e. The number of rotatable bonds is 26. The van der Waals surface area contributed by atoms with Crippen molar-refractivity contribution < 1.29 is 28.4 Å². The molecule has 0 aliphatic heterocycles. The Morgan fingerprint density at radius 1 is 0.406 bits per heavy atom. The van der Waals surface area contributed by atoms with E-state index in [2.05, 4.69) is 34.6 Å². The predicted octanol–water partition coefficient (Wildman–Crippen LogP) is 5.80. The van der Waals surface area contributed by atoms with E-state index in [1.807, 2.05) is 0 Å². The third kappa shape index (κ3) is 20.4. The lowest BCUT2D eigenvalue weighted by atomic mass is 10.3. The SMILES string of the molecule is CCCCOCC(COCC(CC)OCC(COCCCC)OCCCC)OCCCC. The fraction of sp³-hybridized carbons (Fsp3) is 1.00. The Morgan fingerprint density at radius 2 is 0.812 bits per heavy atom. The number of hydrogen-bond donors (Lipinski definition) is 0. The second-order valence-corrected chi connectivity index (χ2v) is 8.45. The smallest absolute Gasteiger partial charge is 0.104 e. The summed E-state index contributed by atoms with van der Waals surface area (Å²) >= 11 is 0. The highest BCUT2D eigenvalue weighted by molar-refractivity contribution is 4.62. The van der Waals surface area contributed by atoms with Crippen LogP contribution < -0.4 is 0 Å². The molecule has 0 aromatic rings. The fourth-order valence-electron chi connectivity index (χ4n) is 2.86. The van der Waals surface area contributed by atoms with E-state index in [0.29, 0.717) is 33.0 Å². The molecule has 0 N–H and O–H groups in total. The van der Waals surface area contributed by atoms with Crippen LogP contribution in [-0.4, -0.2) is 77.8 Å². The summed E-state index contributed by atoms with van der Waals surface area (Å²) in [5, 5.41) is 0. The molecule has 0 radical (unpaired) electrons. The molecule has 6 nitrogen and oxygen atoms in total. The summed E-state index contributed by atoms with van der Waals surface area (Å²) in [6, 6.07) is 0. The van der Waals surface area contributed by atoms with Crippen molar-refractivity contribution in [2.75, 3.05) is 59.5 Å². The first-order valence-corrected chi connectivity index (χ1v) is 13.3. The van der Waals surface area contributed by atoms with E-state index in [1.165, 1.54) is 0 Å². The Morgan fingerprint density at radius 3 is 1.28 bits per heavy atom. The monoisotopic (exact) mass is 462 g/mol. The predicted molar refractivity (Wildman–Crippen MR) is 132 cm³/mol. The van der Waals surface area contributed by atoms with Gasteiger partial charge in [-0.25, -0.2) is 0 Å². The van der Waals surface area contributed by atoms with E-state index >= 15 is 0 Å². The van der Waals surface area contributed by atoms with Crippen LogP contribution in [0.4, 0.5) is 0 Å². The summed E-state index contributed by atoms with van der Waals surface area (Å²) in [7, 11) is 0. The first-order chi connectivity index (χ1) is 15.7. The van der Waals surface area contributed by atoms with Crippen LogP contribution in [0.3, 0.4) is 0 Å². The Hall–Kier alpha value is -0.240. The van der Waals surface area contributed by atoms with Gasteiger partial charge >= 0.3 is 0 Å². The van der Waals surface area contributed by atoms with E-state index in [-0.39, 0.29) is 18.3 Å². The lowest BCUT2D eigenvalue weighted by molar-refractivity contribution is -0.107. The third-order valence-electron chi connectivity index (χ3n) is 5.18. The highest BCUT2D eigenvalue weighted by Gasteiger charge is 2.16. The molecule has 0 fully saturated rings. The second-order valence-electron chi connectivity index (χ2n) is 8.45.